The molecule has 0 bridgehead atoms. The molecular formula is C42H40N2. The van der Waals surface area contributed by atoms with Crippen molar-refractivity contribution in [3.63, 3.8) is 0 Å². The number of benzene rings is 4. The standard InChI is InChI=1S/C42H40N2/c1-27(2)37-23-33(24-38(28(3)4)41(37)43-9)13-11-31-15-19-35(20-16-31)36-21-17-32(18-22-36)12-14-34-25-39(29(5)6)42(44-10)40(26-34)30(7)8/h15-30H,1-8H3. The van der Waals surface area contributed by atoms with Crippen molar-refractivity contribution in [3.05, 3.63) is 140 Å². The van der Waals surface area contributed by atoms with Gasteiger partial charge in [-0.3, -0.25) is 0 Å². The topological polar surface area (TPSA) is 8.72 Å². The van der Waals surface area contributed by atoms with Crippen molar-refractivity contribution in [3.8, 4) is 34.8 Å². The van der Waals surface area contributed by atoms with Crippen molar-refractivity contribution in [1.82, 2.24) is 0 Å². The zero-order chi connectivity index (χ0) is 32.0. The summed E-state index contributed by atoms with van der Waals surface area (Å²) < 4.78 is 0. The highest BCUT2D eigenvalue weighted by molar-refractivity contribution is 5.68. The van der Waals surface area contributed by atoms with Crippen LogP contribution in [0.15, 0.2) is 72.8 Å². The molecule has 0 aliphatic rings. The van der Waals surface area contributed by atoms with Crippen molar-refractivity contribution in [2.75, 3.05) is 0 Å². The fraction of sp³-hybridized carbons (Fsp3) is 0.286. The summed E-state index contributed by atoms with van der Waals surface area (Å²) in [7, 11) is 0. The van der Waals surface area contributed by atoms with Gasteiger partial charge in [0.05, 0.1) is 13.1 Å². The lowest BCUT2D eigenvalue weighted by atomic mass is 9.90. The lowest BCUT2D eigenvalue weighted by Gasteiger charge is -2.16. The molecule has 4 rings (SSSR count). The molecule has 0 saturated heterocycles. The summed E-state index contributed by atoms with van der Waals surface area (Å²) in [6.45, 7) is 32.4. The zero-order valence-electron chi connectivity index (χ0n) is 27.1. The summed E-state index contributed by atoms with van der Waals surface area (Å²) in [6.07, 6.45) is 0. The molecule has 0 atom stereocenters. The zero-order valence-corrected chi connectivity index (χ0v) is 27.1. The Bertz CT molecular complexity index is 1660. The molecule has 0 aliphatic carbocycles. The Labute approximate surface area is 264 Å². The predicted octanol–water partition coefficient (Wildman–Crippen LogP) is 11.7. The summed E-state index contributed by atoms with van der Waals surface area (Å²) in [5, 5.41) is 0. The molecule has 2 nitrogen and oxygen atoms in total. The Kier molecular flexibility index (Phi) is 10.1. The molecule has 4 aromatic carbocycles. The van der Waals surface area contributed by atoms with Gasteiger partial charge >= 0.3 is 0 Å². The molecular weight excluding hydrogens is 532 g/mol. The van der Waals surface area contributed by atoms with E-state index in [1.807, 2.05) is 0 Å². The van der Waals surface area contributed by atoms with Crippen LogP contribution in [-0.4, -0.2) is 0 Å². The number of hydrogen-bond acceptors (Lipinski definition) is 0. The van der Waals surface area contributed by atoms with E-state index in [1.54, 1.807) is 0 Å². The van der Waals surface area contributed by atoms with Crippen LogP contribution in [-0.2, 0) is 0 Å². The Balaban J connectivity index is 1.55. The Morgan fingerprint density at radius 1 is 0.409 bits per heavy atom. The highest BCUT2D eigenvalue weighted by Gasteiger charge is 2.16. The fourth-order valence-corrected chi connectivity index (χ4v) is 5.30. The minimum atomic E-state index is 0.266. The predicted molar refractivity (Wildman–Crippen MR) is 186 cm³/mol. The van der Waals surface area contributed by atoms with E-state index in [2.05, 4.69) is 162 Å². The van der Waals surface area contributed by atoms with Gasteiger partial charge in [-0.15, -0.1) is 0 Å². The monoisotopic (exact) mass is 572 g/mol. The van der Waals surface area contributed by atoms with Crippen molar-refractivity contribution in [2.24, 2.45) is 0 Å². The van der Waals surface area contributed by atoms with Gasteiger partial charge in [0.15, 0.2) is 11.4 Å². The molecule has 44 heavy (non-hydrogen) atoms. The molecule has 0 amide bonds. The highest BCUT2D eigenvalue weighted by Crippen LogP contribution is 2.37. The van der Waals surface area contributed by atoms with E-state index in [4.69, 9.17) is 13.1 Å². The summed E-state index contributed by atoms with van der Waals surface area (Å²) in [6, 6.07) is 24.9. The maximum atomic E-state index is 7.70. The second-order valence-corrected chi connectivity index (χ2v) is 12.5. The smallest absolute Gasteiger partial charge is 0.194 e. The molecule has 2 heteroatoms. The molecule has 0 aromatic heterocycles. The second-order valence-electron chi connectivity index (χ2n) is 12.5. The third-order valence-electron chi connectivity index (χ3n) is 7.85. The highest BCUT2D eigenvalue weighted by atomic mass is 14.7. The van der Waals surface area contributed by atoms with Gasteiger partial charge in [-0.1, -0.05) is 128 Å². The minimum Gasteiger partial charge on any atom is -0.238 e. The first-order valence-corrected chi connectivity index (χ1v) is 15.4. The molecule has 0 aliphatic heterocycles. The van der Waals surface area contributed by atoms with Crippen molar-refractivity contribution < 1.29 is 0 Å². The lowest BCUT2D eigenvalue weighted by Crippen LogP contribution is -1.96. The van der Waals surface area contributed by atoms with Crippen molar-refractivity contribution in [2.45, 2.75) is 79.1 Å². The first-order valence-electron chi connectivity index (χ1n) is 15.4. The maximum Gasteiger partial charge on any atom is 0.194 e. The van der Waals surface area contributed by atoms with Crippen LogP contribution in [0.2, 0.25) is 0 Å². The molecule has 0 unspecified atom stereocenters. The fourth-order valence-electron chi connectivity index (χ4n) is 5.30. The molecule has 0 saturated carbocycles. The van der Waals surface area contributed by atoms with Gasteiger partial charge in [0.2, 0.25) is 0 Å². The van der Waals surface area contributed by atoms with Gasteiger partial charge < -0.3 is 0 Å². The Hall–Kier alpha value is -5.02. The van der Waals surface area contributed by atoms with Gasteiger partial charge in [-0.2, -0.15) is 0 Å². The molecule has 0 N–H and O–H groups in total. The lowest BCUT2D eigenvalue weighted by molar-refractivity contribution is 0.840. The third kappa shape index (κ3) is 7.30. The summed E-state index contributed by atoms with van der Waals surface area (Å²) in [5.41, 5.74) is 11.9. The van der Waals surface area contributed by atoms with Crippen LogP contribution < -0.4 is 0 Å². The first-order chi connectivity index (χ1) is 21.0. The first kappa shape index (κ1) is 31.9. The van der Waals surface area contributed by atoms with Crippen LogP contribution in [0.1, 0.15) is 124 Å². The van der Waals surface area contributed by atoms with E-state index < -0.39 is 0 Å². The van der Waals surface area contributed by atoms with Crippen LogP contribution in [0.3, 0.4) is 0 Å². The van der Waals surface area contributed by atoms with E-state index in [0.717, 1.165) is 67.0 Å². The van der Waals surface area contributed by atoms with Gasteiger partial charge in [0.25, 0.3) is 0 Å². The summed E-state index contributed by atoms with van der Waals surface area (Å²) in [5.74, 6) is 14.4. The van der Waals surface area contributed by atoms with Crippen LogP contribution in [0, 0.1) is 36.8 Å². The van der Waals surface area contributed by atoms with E-state index in [-0.39, 0.29) is 23.7 Å². The van der Waals surface area contributed by atoms with Crippen LogP contribution in [0.25, 0.3) is 20.8 Å². The van der Waals surface area contributed by atoms with E-state index in [1.165, 1.54) is 0 Å². The third-order valence-corrected chi connectivity index (χ3v) is 7.85. The van der Waals surface area contributed by atoms with E-state index in [0.29, 0.717) is 0 Å². The normalized spacial score (nSPS) is 10.7. The summed E-state index contributed by atoms with van der Waals surface area (Å²) >= 11 is 0. The molecule has 0 fully saturated rings. The molecule has 0 radical (unpaired) electrons. The second kappa shape index (κ2) is 14.0. The summed E-state index contributed by atoms with van der Waals surface area (Å²) in [4.78, 5) is 7.70. The molecule has 218 valence electrons. The largest absolute Gasteiger partial charge is 0.238 e. The van der Waals surface area contributed by atoms with E-state index >= 15 is 0 Å². The maximum absolute atomic E-state index is 7.70. The van der Waals surface area contributed by atoms with Crippen LogP contribution in [0.4, 0.5) is 11.4 Å². The molecule has 0 spiro atoms. The molecule has 0 heterocycles. The SMILES string of the molecule is [C-]#[N+]c1c(C(C)C)cc(C#Cc2ccc(-c3ccc(C#Cc4cc(C(C)C)c([N+]#[C-])c(C(C)C)c4)cc3)cc2)cc1C(C)C. The van der Waals surface area contributed by atoms with Crippen LogP contribution in [0.5, 0.6) is 0 Å². The number of nitrogens with zero attached hydrogens (tertiary/aromatic N) is 2. The van der Waals surface area contributed by atoms with Gasteiger partial charge in [0.1, 0.15) is 0 Å². The quantitative estimate of drug-likeness (QED) is 0.166. The minimum absolute atomic E-state index is 0.266. The average molecular weight is 573 g/mol. The molecule has 4 aromatic rings. The average Bonchev–Trinajstić information content (AvgIpc) is 3.02. The van der Waals surface area contributed by atoms with Gasteiger partial charge in [-0.05, 0) is 81.3 Å². The Morgan fingerprint density at radius 2 is 0.659 bits per heavy atom. The van der Waals surface area contributed by atoms with E-state index in [9.17, 15) is 0 Å². The van der Waals surface area contributed by atoms with Gasteiger partial charge in [-0.25, -0.2) is 9.69 Å². The number of rotatable bonds is 5. The van der Waals surface area contributed by atoms with Crippen LogP contribution >= 0.6 is 0 Å². The van der Waals surface area contributed by atoms with Gasteiger partial charge in [0, 0.05) is 22.3 Å². The van der Waals surface area contributed by atoms with Crippen molar-refractivity contribution >= 4 is 11.4 Å². The Morgan fingerprint density at radius 3 is 0.886 bits per heavy atom. The number of hydrogen-bond donors (Lipinski definition) is 0. The van der Waals surface area contributed by atoms with Crippen molar-refractivity contribution in [1.29, 1.82) is 0 Å².